The summed E-state index contributed by atoms with van der Waals surface area (Å²) in [7, 11) is -3.45. The number of halogens is 1. The normalized spacial score (nSPS) is 11.6. The van der Waals surface area contributed by atoms with E-state index in [0.29, 0.717) is 10.2 Å². The maximum Gasteiger partial charge on any atom is 0.272 e. The summed E-state index contributed by atoms with van der Waals surface area (Å²) in [5, 5.41) is 10.3. The average molecular weight is 303 g/mol. The number of para-hydroxylation sites is 1. The van der Waals surface area contributed by atoms with Gasteiger partial charge < -0.3 is 0 Å². The van der Waals surface area contributed by atoms with Crippen molar-refractivity contribution < 1.29 is 8.42 Å². The van der Waals surface area contributed by atoms with Gasteiger partial charge in [-0.2, -0.15) is 4.68 Å². The molecule has 0 unspecified atom stereocenters. The lowest BCUT2D eigenvalue weighted by molar-refractivity contribution is 0.586. The van der Waals surface area contributed by atoms with E-state index in [1.165, 1.54) is 4.68 Å². The Kier molecular flexibility index (Phi) is 2.76. The van der Waals surface area contributed by atoms with E-state index in [0.717, 1.165) is 6.26 Å². The first-order valence-electron chi connectivity index (χ1n) is 4.23. The van der Waals surface area contributed by atoms with Gasteiger partial charge in [0.05, 0.1) is 5.69 Å². The molecule has 0 amide bonds. The molecular formula is C8H7BrN4O2S. The summed E-state index contributed by atoms with van der Waals surface area (Å²) >= 11 is 3.31. The van der Waals surface area contributed by atoms with Gasteiger partial charge in [-0.3, -0.25) is 0 Å². The Hall–Kier alpha value is -1.28. The Balaban J connectivity index is 2.68. The minimum Gasteiger partial charge on any atom is -0.221 e. The van der Waals surface area contributed by atoms with Crippen molar-refractivity contribution in [3.8, 4) is 5.69 Å². The van der Waals surface area contributed by atoms with E-state index in [9.17, 15) is 8.42 Å². The number of hydrogen-bond donors (Lipinski definition) is 0. The zero-order chi connectivity index (χ0) is 11.8. The molecule has 0 bridgehead atoms. The number of benzene rings is 1. The summed E-state index contributed by atoms with van der Waals surface area (Å²) in [6.45, 7) is 0. The lowest BCUT2D eigenvalue weighted by Crippen LogP contribution is -2.09. The average Bonchev–Trinajstić information content (AvgIpc) is 2.66. The van der Waals surface area contributed by atoms with Crippen LogP contribution >= 0.6 is 15.9 Å². The summed E-state index contributed by atoms with van der Waals surface area (Å²) < 4.78 is 24.7. The van der Waals surface area contributed by atoms with Crippen molar-refractivity contribution >= 4 is 25.8 Å². The van der Waals surface area contributed by atoms with Gasteiger partial charge in [0, 0.05) is 10.7 Å². The largest absolute Gasteiger partial charge is 0.272 e. The van der Waals surface area contributed by atoms with E-state index in [4.69, 9.17) is 0 Å². The van der Waals surface area contributed by atoms with Crippen LogP contribution in [0.5, 0.6) is 0 Å². The maximum atomic E-state index is 11.4. The fourth-order valence-electron chi connectivity index (χ4n) is 1.18. The topological polar surface area (TPSA) is 77.7 Å². The lowest BCUT2D eigenvalue weighted by atomic mass is 10.3. The predicted molar refractivity (Wildman–Crippen MR) is 60.0 cm³/mol. The highest BCUT2D eigenvalue weighted by molar-refractivity contribution is 9.10. The molecule has 0 radical (unpaired) electrons. The Morgan fingerprint density at radius 1 is 1.31 bits per heavy atom. The van der Waals surface area contributed by atoms with Crippen LogP contribution in [0.3, 0.4) is 0 Å². The summed E-state index contributed by atoms with van der Waals surface area (Å²) in [6, 6.07) is 7.09. The van der Waals surface area contributed by atoms with Crippen molar-refractivity contribution in [3.05, 3.63) is 28.7 Å². The number of aromatic nitrogens is 4. The Bertz CT molecular complexity index is 622. The van der Waals surface area contributed by atoms with E-state index in [2.05, 4.69) is 31.5 Å². The summed E-state index contributed by atoms with van der Waals surface area (Å²) in [6.07, 6.45) is 1.06. The minimum atomic E-state index is -3.45. The van der Waals surface area contributed by atoms with E-state index in [-0.39, 0.29) is 5.16 Å². The monoisotopic (exact) mass is 302 g/mol. The first-order chi connectivity index (χ1) is 7.50. The van der Waals surface area contributed by atoms with Crippen molar-refractivity contribution in [3.63, 3.8) is 0 Å². The highest BCUT2D eigenvalue weighted by atomic mass is 79.9. The maximum absolute atomic E-state index is 11.4. The van der Waals surface area contributed by atoms with E-state index in [1.54, 1.807) is 18.2 Å². The first kappa shape index (κ1) is 11.2. The molecule has 0 saturated heterocycles. The van der Waals surface area contributed by atoms with Crippen LogP contribution in [0.1, 0.15) is 0 Å². The van der Waals surface area contributed by atoms with Gasteiger partial charge in [0.25, 0.3) is 5.16 Å². The number of rotatable bonds is 2. The van der Waals surface area contributed by atoms with Crippen molar-refractivity contribution in [1.29, 1.82) is 0 Å². The fourth-order valence-corrected chi connectivity index (χ4v) is 2.27. The summed E-state index contributed by atoms with van der Waals surface area (Å²) in [5.41, 5.74) is 0.577. The van der Waals surface area contributed by atoms with Crippen molar-refractivity contribution in [1.82, 2.24) is 20.2 Å². The van der Waals surface area contributed by atoms with Gasteiger partial charge in [-0.25, -0.2) is 8.42 Å². The number of hydrogen-bond acceptors (Lipinski definition) is 5. The Morgan fingerprint density at radius 3 is 2.62 bits per heavy atom. The van der Waals surface area contributed by atoms with E-state index < -0.39 is 9.84 Å². The highest BCUT2D eigenvalue weighted by Crippen LogP contribution is 2.21. The molecule has 0 aliphatic heterocycles. The second-order valence-corrected chi connectivity index (χ2v) is 5.86. The molecule has 6 nitrogen and oxygen atoms in total. The lowest BCUT2D eigenvalue weighted by Gasteiger charge is -2.04. The van der Waals surface area contributed by atoms with Gasteiger partial charge in [-0.1, -0.05) is 17.2 Å². The van der Waals surface area contributed by atoms with E-state index in [1.807, 2.05) is 6.07 Å². The van der Waals surface area contributed by atoms with Gasteiger partial charge in [0.1, 0.15) is 0 Å². The van der Waals surface area contributed by atoms with Crippen LogP contribution in [0.4, 0.5) is 0 Å². The predicted octanol–water partition coefficient (Wildman–Crippen LogP) is 0.828. The molecule has 2 rings (SSSR count). The third kappa shape index (κ3) is 1.98. The zero-order valence-corrected chi connectivity index (χ0v) is 10.6. The zero-order valence-electron chi connectivity index (χ0n) is 8.20. The molecule has 84 valence electrons. The van der Waals surface area contributed by atoms with Crippen LogP contribution in [0.15, 0.2) is 33.9 Å². The fraction of sp³-hybridized carbons (Fsp3) is 0.125. The van der Waals surface area contributed by atoms with Crippen LogP contribution in [0.2, 0.25) is 0 Å². The van der Waals surface area contributed by atoms with Crippen molar-refractivity contribution in [2.75, 3.05) is 6.26 Å². The molecule has 0 saturated carbocycles. The molecule has 8 heteroatoms. The second-order valence-electron chi connectivity index (χ2n) is 3.10. The standard InChI is InChI=1S/C8H7BrN4O2S/c1-16(14,15)8-10-11-12-13(8)7-5-3-2-4-6(7)9/h2-5H,1H3. The smallest absolute Gasteiger partial charge is 0.221 e. The molecule has 2 aromatic rings. The van der Waals surface area contributed by atoms with Crippen LogP contribution in [-0.4, -0.2) is 34.9 Å². The van der Waals surface area contributed by atoms with Crippen LogP contribution in [0, 0.1) is 0 Å². The molecule has 0 fully saturated rings. The SMILES string of the molecule is CS(=O)(=O)c1nnnn1-c1ccccc1Br. The van der Waals surface area contributed by atoms with E-state index >= 15 is 0 Å². The molecule has 1 aromatic heterocycles. The van der Waals surface area contributed by atoms with Gasteiger partial charge >= 0.3 is 0 Å². The molecule has 0 atom stereocenters. The Labute approximate surface area is 100 Å². The van der Waals surface area contributed by atoms with Crippen molar-refractivity contribution in [2.45, 2.75) is 5.16 Å². The number of nitrogens with zero attached hydrogens (tertiary/aromatic N) is 4. The first-order valence-corrected chi connectivity index (χ1v) is 6.92. The van der Waals surface area contributed by atoms with Crippen LogP contribution in [-0.2, 0) is 9.84 Å². The molecule has 1 heterocycles. The quantitative estimate of drug-likeness (QED) is 0.821. The highest BCUT2D eigenvalue weighted by Gasteiger charge is 2.19. The minimum absolute atomic E-state index is 0.181. The molecule has 0 aliphatic rings. The van der Waals surface area contributed by atoms with Gasteiger partial charge in [-0.15, -0.1) is 0 Å². The number of tetrazole rings is 1. The number of sulfone groups is 1. The van der Waals surface area contributed by atoms with Gasteiger partial charge in [0.15, 0.2) is 0 Å². The molecule has 0 N–H and O–H groups in total. The van der Waals surface area contributed by atoms with Gasteiger partial charge in [-0.05, 0) is 38.5 Å². The molecule has 0 spiro atoms. The van der Waals surface area contributed by atoms with Crippen molar-refractivity contribution in [2.24, 2.45) is 0 Å². The third-order valence-electron chi connectivity index (χ3n) is 1.85. The van der Waals surface area contributed by atoms with Gasteiger partial charge in [0.2, 0.25) is 9.84 Å². The molecular weight excluding hydrogens is 296 g/mol. The molecule has 16 heavy (non-hydrogen) atoms. The summed E-state index contributed by atoms with van der Waals surface area (Å²) in [4.78, 5) is 0. The second kappa shape index (κ2) is 3.95. The third-order valence-corrected chi connectivity index (χ3v) is 3.44. The summed E-state index contributed by atoms with van der Waals surface area (Å²) in [5.74, 6) is 0. The van der Waals surface area contributed by atoms with Crippen LogP contribution < -0.4 is 0 Å². The molecule has 0 aliphatic carbocycles. The Morgan fingerprint density at radius 2 is 2.00 bits per heavy atom. The van der Waals surface area contributed by atoms with Crippen LogP contribution in [0.25, 0.3) is 5.69 Å². The molecule has 1 aromatic carbocycles.